The van der Waals surface area contributed by atoms with Crippen LogP contribution >= 0.6 is 11.3 Å². The van der Waals surface area contributed by atoms with Crippen LogP contribution in [0.3, 0.4) is 0 Å². The minimum atomic E-state index is -0.224. The number of carbonyl (C=O) groups is 2. The molecule has 2 aliphatic rings. The number of ether oxygens (including phenoxy) is 2. The summed E-state index contributed by atoms with van der Waals surface area (Å²) < 4.78 is 10.7. The molecule has 178 valence electrons. The topological polar surface area (TPSA) is 79.9 Å². The van der Waals surface area contributed by atoms with E-state index in [-0.39, 0.29) is 11.8 Å². The lowest BCUT2D eigenvalue weighted by Gasteiger charge is -2.34. The molecule has 1 fully saturated rings. The third-order valence-corrected chi connectivity index (χ3v) is 7.83. The highest BCUT2D eigenvalue weighted by molar-refractivity contribution is 7.17. The third-order valence-electron chi connectivity index (χ3n) is 6.63. The number of rotatable bonds is 8. The lowest BCUT2D eigenvalue weighted by molar-refractivity contribution is -0.118. The fourth-order valence-corrected chi connectivity index (χ4v) is 6.20. The van der Waals surface area contributed by atoms with Crippen molar-refractivity contribution in [1.82, 2.24) is 4.90 Å². The number of aryl methyl sites for hydroxylation is 1. The van der Waals surface area contributed by atoms with Gasteiger partial charge in [0.2, 0.25) is 5.91 Å². The van der Waals surface area contributed by atoms with Crippen molar-refractivity contribution in [2.24, 2.45) is 0 Å². The number of fused-ring (bicyclic) bond motifs is 1. The Morgan fingerprint density at radius 2 is 1.97 bits per heavy atom. The van der Waals surface area contributed by atoms with Gasteiger partial charge in [0.05, 0.1) is 32.0 Å². The lowest BCUT2D eigenvalue weighted by Crippen LogP contribution is -2.43. The van der Waals surface area contributed by atoms with Gasteiger partial charge in [-0.05, 0) is 62.8 Å². The van der Waals surface area contributed by atoms with Crippen LogP contribution in [0.15, 0.2) is 18.2 Å². The van der Waals surface area contributed by atoms with E-state index in [2.05, 4.69) is 22.5 Å². The van der Waals surface area contributed by atoms with Gasteiger partial charge in [-0.15, -0.1) is 11.3 Å². The van der Waals surface area contributed by atoms with Crippen LogP contribution in [0.2, 0.25) is 0 Å². The summed E-state index contributed by atoms with van der Waals surface area (Å²) in [4.78, 5) is 29.8. The first-order valence-electron chi connectivity index (χ1n) is 11.8. The van der Waals surface area contributed by atoms with Crippen molar-refractivity contribution in [1.29, 1.82) is 0 Å². The van der Waals surface area contributed by atoms with E-state index in [1.54, 1.807) is 32.4 Å². The molecule has 0 spiro atoms. The van der Waals surface area contributed by atoms with E-state index in [1.165, 1.54) is 22.6 Å². The summed E-state index contributed by atoms with van der Waals surface area (Å²) in [6.07, 6.45) is 7.40. The van der Waals surface area contributed by atoms with E-state index >= 15 is 0 Å². The normalized spacial score (nSPS) is 18.0. The second kappa shape index (κ2) is 10.6. The van der Waals surface area contributed by atoms with Crippen molar-refractivity contribution in [3.63, 3.8) is 0 Å². The zero-order valence-corrected chi connectivity index (χ0v) is 20.5. The number of nitrogens with zero attached hydrogens (tertiary/aromatic N) is 1. The Morgan fingerprint density at radius 3 is 2.73 bits per heavy atom. The first-order chi connectivity index (χ1) is 16.0. The molecule has 1 aromatic heterocycles. The van der Waals surface area contributed by atoms with Crippen LogP contribution in [0.1, 0.15) is 59.8 Å². The van der Waals surface area contributed by atoms with Crippen molar-refractivity contribution < 1.29 is 19.1 Å². The van der Waals surface area contributed by atoms with Crippen LogP contribution < -0.4 is 20.1 Å². The van der Waals surface area contributed by atoms with Gasteiger partial charge in [-0.25, -0.2) is 0 Å². The maximum Gasteiger partial charge on any atom is 0.259 e. The number of likely N-dealkylation sites (tertiary alicyclic amines) is 1. The molecule has 1 atom stereocenters. The number of thiophene rings is 1. The van der Waals surface area contributed by atoms with Gasteiger partial charge in [0.25, 0.3) is 5.91 Å². The fraction of sp³-hybridized carbons (Fsp3) is 0.520. The highest BCUT2D eigenvalue weighted by atomic mass is 32.1. The van der Waals surface area contributed by atoms with Crippen LogP contribution in [-0.4, -0.2) is 50.1 Å². The maximum absolute atomic E-state index is 13.4. The van der Waals surface area contributed by atoms with Crippen LogP contribution in [0.4, 0.5) is 10.7 Å². The molecule has 7 nitrogen and oxygen atoms in total. The quantitative estimate of drug-likeness (QED) is 0.583. The van der Waals surface area contributed by atoms with E-state index < -0.39 is 0 Å². The summed E-state index contributed by atoms with van der Waals surface area (Å²) in [7, 11) is 3.14. The van der Waals surface area contributed by atoms with Crippen molar-refractivity contribution in [3.05, 3.63) is 34.2 Å². The number of hydrogen-bond acceptors (Lipinski definition) is 6. The Balaban J connectivity index is 1.53. The standard InChI is InChI=1S/C25H33N3O4S/c1-4-16-8-5-6-13-28(16)15-22(29)27-25-23(18-9-7-10-21(18)33-25)24(30)26-19-12-11-17(31-2)14-20(19)32-3/h11-12,14,16H,4-10,13,15H2,1-3H3,(H,26,30)(H,27,29). The molecule has 1 aliphatic heterocycles. The predicted octanol–water partition coefficient (Wildman–Crippen LogP) is 4.71. The molecule has 2 heterocycles. The van der Waals surface area contributed by atoms with Gasteiger partial charge < -0.3 is 20.1 Å². The predicted molar refractivity (Wildman–Crippen MR) is 132 cm³/mol. The second-order valence-corrected chi connectivity index (χ2v) is 9.76. The number of nitrogens with one attached hydrogen (secondary N) is 2. The number of amides is 2. The largest absolute Gasteiger partial charge is 0.497 e. The molecular weight excluding hydrogens is 438 g/mol. The Bertz CT molecular complexity index is 1020. The first-order valence-corrected chi connectivity index (χ1v) is 12.6. The molecule has 2 amide bonds. The molecule has 8 heteroatoms. The van der Waals surface area contributed by atoms with E-state index in [4.69, 9.17) is 9.47 Å². The summed E-state index contributed by atoms with van der Waals surface area (Å²) in [6, 6.07) is 5.74. The van der Waals surface area contributed by atoms with Crippen LogP contribution in [0, 0.1) is 0 Å². The molecule has 1 aliphatic carbocycles. The molecular formula is C25H33N3O4S. The molecule has 4 rings (SSSR count). The third kappa shape index (κ3) is 5.17. The van der Waals surface area contributed by atoms with Gasteiger partial charge in [0.15, 0.2) is 0 Å². The van der Waals surface area contributed by atoms with Gasteiger partial charge >= 0.3 is 0 Å². The average Bonchev–Trinajstić information content (AvgIpc) is 3.40. The average molecular weight is 472 g/mol. The first kappa shape index (κ1) is 23.6. The number of carbonyl (C=O) groups excluding carboxylic acids is 2. The monoisotopic (exact) mass is 471 g/mol. The molecule has 1 aromatic carbocycles. The molecule has 2 aromatic rings. The Hall–Kier alpha value is -2.58. The second-order valence-electron chi connectivity index (χ2n) is 8.66. The van der Waals surface area contributed by atoms with Gasteiger partial charge in [0, 0.05) is 17.0 Å². The smallest absolute Gasteiger partial charge is 0.259 e. The molecule has 1 unspecified atom stereocenters. The van der Waals surface area contributed by atoms with Gasteiger partial charge in [0.1, 0.15) is 16.5 Å². The van der Waals surface area contributed by atoms with Crippen molar-refractivity contribution in [3.8, 4) is 11.5 Å². The molecule has 0 radical (unpaired) electrons. The van der Waals surface area contributed by atoms with Crippen molar-refractivity contribution >= 4 is 33.8 Å². The zero-order valence-electron chi connectivity index (χ0n) is 19.7. The minimum Gasteiger partial charge on any atom is -0.497 e. The molecule has 33 heavy (non-hydrogen) atoms. The molecule has 2 N–H and O–H groups in total. The van der Waals surface area contributed by atoms with Gasteiger partial charge in [-0.2, -0.15) is 0 Å². The van der Waals surface area contributed by atoms with Crippen LogP contribution in [0.25, 0.3) is 0 Å². The maximum atomic E-state index is 13.4. The van der Waals surface area contributed by atoms with Gasteiger partial charge in [-0.1, -0.05) is 13.3 Å². The van der Waals surface area contributed by atoms with Crippen molar-refractivity contribution in [2.45, 2.75) is 57.9 Å². The van der Waals surface area contributed by atoms with Crippen molar-refractivity contribution in [2.75, 3.05) is 37.9 Å². The number of anilines is 2. The van der Waals surface area contributed by atoms with Gasteiger partial charge in [-0.3, -0.25) is 14.5 Å². The highest BCUT2D eigenvalue weighted by Crippen LogP contribution is 2.40. The summed E-state index contributed by atoms with van der Waals surface area (Å²) in [5, 5.41) is 6.71. The Morgan fingerprint density at radius 1 is 1.12 bits per heavy atom. The van der Waals surface area contributed by atoms with E-state index in [9.17, 15) is 9.59 Å². The Labute approximate surface area is 199 Å². The number of benzene rings is 1. The zero-order chi connectivity index (χ0) is 23.4. The van der Waals surface area contributed by atoms with E-state index in [0.29, 0.717) is 40.3 Å². The summed E-state index contributed by atoms with van der Waals surface area (Å²) in [6.45, 7) is 3.51. The summed E-state index contributed by atoms with van der Waals surface area (Å²) in [5.41, 5.74) is 2.21. The molecule has 0 saturated carbocycles. The Kier molecular flexibility index (Phi) is 7.55. The lowest BCUT2D eigenvalue weighted by atomic mass is 10.00. The minimum absolute atomic E-state index is 0.0497. The van der Waals surface area contributed by atoms with Crippen LogP contribution in [-0.2, 0) is 17.6 Å². The highest BCUT2D eigenvalue weighted by Gasteiger charge is 2.29. The number of hydrogen-bond donors (Lipinski definition) is 2. The SMILES string of the molecule is CCC1CCCCN1CC(=O)Nc1sc2c(c1C(=O)Nc1ccc(OC)cc1OC)CCC2. The van der Waals surface area contributed by atoms with E-state index in [0.717, 1.165) is 50.6 Å². The van der Waals surface area contributed by atoms with Crippen LogP contribution in [0.5, 0.6) is 11.5 Å². The summed E-state index contributed by atoms with van der Waals surface area (Å²) >= 11 is 1.54. The summed E-state index contributed by atoms with van der Waals surface area (Å²) in [5.74, 6) is 0.900. The molecule has 1 saturated heterocycles. The molecule has 0 bridgehead atoms. The van der Waals surface area contributed by atoms with E-state index in [1.807, 2.05) is 0 Å². The fourth-order valence-electron chi connectivity index (χ4n) is 4.90. The number of methoxy groups -OCH3 is 2. The number of piperidine rings is 1.